The van der Waals surface area contributed by atoms with Gasteiger partial charge in [0.15, 0.2) is 0 Å². The van der Waals surface area contributed by atoms with Crippen LogP contribution in [0.2, 0.25) is 0 Å². The SMILES string of the molecule is CCOC(=O)[C@@H]1C[C@H]2C[C@@H]1C=C2Cc1ccc(OC)cc1. The van der Waals surface area contributed by atoms with Crippen molar-refractivity contribution in [2.45, 2.75) is 26.2 Å². The minimum atomic E-state index is -0.00949. The minimum Gasteiger partial charge on any atom is -0.497 e. The molecule has 2 bridgehead atoms. The van der Waals surface area contributed by atoms with Crippen LogP contribution in [0.1, 0.15) is 25.3 Å². The molecule has 2 aliphatic carbocycles. The van der Waals surface area contributed by atoms with E-state index in [4.69, 9.17) is 9.47 Å². The molecule has 0 radical (unpaired) electrons. The van der Waals surface area contributed by atoms with Crippen molar-refractivity contribution in [3.05, 3.63) is 41.5 Å². The first-order chi connectivity index (χ1) is 10.2. The summed E-state index contributed by atoms with van der Waals surface area (Å²) in [5.41, 5.74) is 2.80. The summed E-state index contributed by atoms with van der Waals surface area (Å²) in [6.45, 7) is 2.35. The van der Waals surface area contributed by atoms with Crippen LogP contribution in [-0.2, 0) is 16.0 Å². The van der Waals surface area contributed by atoms with Crippen molar-refractivity contribution in [3.8, 4) is 5.75 Å². The van der Waals surface area contributed by atoms with Crippen LogP contribution in [0.15, 0.2) is 35.9 Å². The Morgan fingerprint density at radius 3 is 2.57 bits per heavy atom. The first-order valence-electron chi connectivity index (χ1n) is 7.71. The Morgan fingerprint density at radius 1 is 1.24 bits per heavy atom. The molecule has 2 aliphatic rings. The molecule has 0 amide bonds. The molecule has 0 N–H and O–H groups in total. The fourth-order valence-electron chi connectivity index (χ4n) is 3.67. The average Bonchev–Trinajstić information content (AvgIpc) is 3.08. The van der Waals surface area contributed by atoms with Gasteiger partial charge in [-0.25, -0.2) is 0 Å². The number of hydrogen-bond donors (Lipinski definition) is 0. The molecular formula is C18H22O3. The normalized spacial score (nSPS) is 26.6. The highest BCUT2D eigenvalue weighted by Gasteiger charge is 2.44. The molecule has 3 heteroatoms. The summed E-state index contributed by atoms with van der Waals surface area (Å²) in [4.78, 5) is 11.9. The van der Waals surface area contributed by atoms with Gasteiger partial charge in [-0.2, -0.15) is 0 Å². The molecule has 0 unspecified atom stereocenters. The second kappa shape index (κ2) is 5.92. The van der Waals surface area contributed by atoms with Crippen molar-refractivity contribution in [1.29, 1.82) is 0 Å². The Morgan fingerprint density at radius 2 is 2.00 bits per heavy atom. The number of carbonyl (C=O) groups excluding carboxylic acids is 1. The molecule has 0 aromatic heterocycles. The van der Waals surface area contributed by atoms with Crippen LogP contribution < -0.4 is 4.74 Å². The van der Waals surface area contributed by atoms with Gasteiger partial charge in [-0.3, -0.25) is 4.79 Å². The Kier molecular flexibility index (Phi) is 4.00. The number of rotatable bonds is 5. The van der Waals surface area contributed by atoms with Crippen molar-refractivity contribution in [3.63, 3.8) is 0 Å². The zero-order valence-corrected chi connectivity index (χ0v) is 12.7. The van der Waals surface area contributed by atoms with E-state index in [1.54, 1.807) is 7.11 Å². The molecule has 3 rings (SSSR count). The fraction of sp³-hybridized carbons (Fsp3) is 0.500. The topological polar surface area (TPSA) is 35.5 Å². The number of methoxy groups -OCH3 is 1. The molecule has 1 aromatic carbocycles. The summed E-state index contributed by atoms with van der Waals surface area (Å²) in [5.74, 6) is 1.93. The molecule has 0 heterocycles. The predicted molar refractivity (Wildman–Crippen MR) is 81.1 cm³/mol. The van der Waals surface area contributed by atoms with Gasteiger partial charge < -0.3 is 9.47 Å². The van der Waals surface area contributed by atoms with Crippen LogP contribution in [0.3, 0.4) is 0 Å². The van der Waals surface area contributed by atoms with E-state index in [0.717, 1.165) is 25.0 Å². The van der Waals surface area contributed by atoms with Gasteiger partial charge in [0.2, 0.25) is 0 Å². The standard InChI is InChI=1S/C18H22O3/c1-3-21-18(19)17-11-14-10-15(17)9-13(14)8-12-4-6-16(20-2)7-5-12/h4-7,9,14-15,17H,3,8,10-11H2,1-2H3/t14-,15+,17-/m1/s1. The number of carbonyl (C=O) groups is 1. The number of ether oxygens (including phenoxy) is 2. The molecule has 1 aromatic rings. The van der Waals surface area contributed by atoms with E-state index >= 15 is 0 Å². The lowest BCUT2D eigenvalue weighted by Gasteiger charge is -2.20. The van der Waals surface area contributed by atoms with E-state index in [-0.39, 0.29) is 11.9 Å². The van der Waals surface area contributed by atoms with Crippen molar-refractivity contribution in [2.75, 3.05) is 13.7 Å². The van der Waals surface area contributed by atoms with Crippen molar-refractivity contribution < 1.29 is 14.3 Å². The zero-order chi connectivity index (χ0) is 14.8. The Labute approximate surface area is 125 Å². The quantitative estimate of drug-likeness (QED) is 0.615. The summed E-state index contributed by atoms with van der Waals surface area (Å²) in [6.07, 6.45) is 5.39. The van der Waals surface area contributed by atoms with Crippen LogP contribution in [0.4, 0.5) is 0 Å². The van der Waals surface area contributed by atoms with Crippen LogP contribution in [0.25, 0.3) is 0 Å². The Hall–Kier alpha value is -1.77. The van der Waals surface area contributed by atoms with Crippen molar-refractivity contribution in [1.82, 2.24) is 0 Å². The van der Waals surface area contributed by atoms with Gasteiger partial charge in [0.05, 0.1) is 19.6 Å². The van der Waals surface area contributed by atoms with Gasteiger partial charge in [-0.1, -0.05) is 23.8 Å². The van der Waals surface area contributed by atoms with Gasteiger partial charge in [0.25, 0.3) is 0 Å². The molecule has 3 atom stereocenters. The predicted octanol–water partition coefficient (Wildman–Crippen LogP) is 3.38. The summed E-state index contributed by atoms with van der Waals surface area (Å²) in [5, 5.41) is 0. The van der Waals surface area contributed by atoms with Crippen LogP contribution in [0.5, 0.6) is 5.75 Å². The number of fused-ring (bicyclic) bond motifs is 2. The molecule has 0 saturated heterocycles. The summed E-state index contributed by atoms with van der Waals surface area (Å²) in [6, 6.07) is 8.25. The van der Waals surface area contributed by atoms with E-state index in [1.165, 1.54) is 11.1 Å². The molecule has 0 spiro atoms. The second-order valence-electron chi connectivity index (χ2n) is 5.96. The van der Waals surface area contributed by atoms with Crippen LogP contribution in [0, 0.1) is 17.8 Å². The summed E-state index contributed by atoms with van der Waals surface area (Å²) in [7, 11) is 1.68. The first kappa shape index (κ1) is 14.2. The molecule has 1 fully saturated rings. The molecular weight excluding hydrogens is 264 g/mol. The molecule has 3 nitrogen and oxygen atoms in total. The van der Waals surface area contributed by atoms with Gasteiger partial charge in [-0.05, 0) is 55.7 Å². The lowest BCUT2D eigenvalue weighted by atomic mass is 9.87. The largest absolute Gasteiger partial charge is 0.497 e. The molecule has 112 valence electrons. The highest BCUT2D eigenvalue weighted by atomic mass is 16.5. The van der Waals surface area contributed by atoms with Gasteiger partial charge in [-0.15, -0.1) is 0 Å². The fourth-order valence-corrected chi connectivity index (χ4v) is 3.67. The summed E-state index contributed by atoms with van der Waals surface area (Å²) >= 11 is 0. The third kappa shape index (κ3) is 2.82. The lowest BCUT2D eigenvalue weighted by Crippen LogP contribution is -2.22. The molecule has 21 heavy (non-hydrogen) atoms. The second-order valence-corrected chi connectivity index (χ2v) is 5.96. The van der Waals surface area contributed by atoms with Crippen molar-refractivity contribution >= 4 is 5.97 Å². The Balaban J connectivity index is 1.65. The number of benzene rings is 1. The third-order valence-electron chi connectivity index (χ3n) is 4.72. The highest BCUT2D eigenvalue weighted by Crippen LogP contribution is 2.48. The van der Waals surface area contributed by atoms with Gasteiger partial charge in [0.1, 0.15) is 5.75 Å². The number of esters is 1. The van der Waals surface area contributed by atoms with E-state index in [0.29, 0.717) is 18.4 Å². The van der Waals surface area contributed by atoms with Crippen molar-refractivity contribution in [2.24, 2.45) is 17.8 Å². The van der Waals surface area contributed by atoms with Gasteiger partial charge >= 0.3 is 5.97 Å². The van der Waals surface area contributed by atoms with E-state index in [2.05, 4.69) is 18.2 Å². The van der Waals surface area contributed by atoms with Crippen LogP contribution >= 0.6 is 0 Å². The average molecular weight is 286 g/mol. The lowest BCUT2D eigenvalue weighted by molar-refractivity contribution is -0.148. The maximum absolute atomic E-state index is 11.9. The molecule has 0 aliphatic heterocycles. The first-order valence-corrected chi connectivity index (χ1v) is 7.71. The summed E-state index contributed by atoms with van der Waals surface area (Å²) < 4.78 is 10.4. The number of hydrogen-bond acceptors (Lipinski definition) is 3. The van der Waals surface area contributed by atoms with E-state index in [1.807, 2.05) is 19.1 Å². The van der Waals surface area contributed by atoms with Gasteiger partial charge in [0, 0.05) is 0 Å². The monoisotopic (exact) mass is 286 g/mol. The van der Waals surface area contributed by atoms with E-state index in [9.17, 15) is 4.79 Å². The Bertz CT molecular complexity index is 544. The highest BCUT2D eigenvalue weighted by molar-refractivity contribution is 5.74. The third-order valence-corrected chi connectivity index (χ3v) is 4.72. The van der Waals surface area contributed by atoms with Crippen LogP contribution in [-0.4, -0.2) is 19.7 Å². The number of allylic oxidation sites excluding steroid dienone is 2. The molecule has 1 saturated carbocycles. The maximum atomic E-state index is 11.9. The minimum absolute atomic E-state index is 0.00949. The van der Waals surface area contributed by atoms with E-state index < -0.39 is 0 Å². The maximum Gasteiger partial charge on any atom is 0.309 e. The smallest absolute Gasteiger partial charge is 0.309 e. The zero-order valence-electron chi connectivity index (χ0n) is 12.7.